The number of nitrogens with one attached hydrogen (secondary N) is 1. The van der Waals surface area contributed by atoms with E-state index in [2.05, 4.69) is 10.3 Å². The number of hydrogen-bond acceptors (Lipinski definition) is 4. The van der Waals surface area contributed by atoms with Gasteiger partial charge in [-0.3, -0.25) is 0 Å². The van der Waals surface area contributed by atoms with Crippen LogP contribution in [0.1, 0.15) is 23.2 Å². The van der Waals surface area contributed by atoms with Crippen LogP contribution in [0.4, 0.5) is 5.82 Å². The smallest absolute Gasteiger partial charge is 0.335 e. The van der Waals surface area contributed by atoms with Crippen molar-refractivity contribution in [2.24, 2.45) is 5.92 Å². The minimum absolute atomic E-state index is 0.256. The van der Waals surface area contributed by atoms with Gasteiger partial charge in [0, 0.05) is 26.0 Å². The molecular formula is C12H16N2O3. The number of anilines is 1. The Labute approximate surface area is 99.8 Å². The van der Waals surface area contributed by atoms with Gasteiger partial charge in [0.2, 0.25) is 0 Å². The van der Waals surface area contributed by atoms with Crippen LogP contribution in [-0.4, -0.2) is 35.8 Å². The summed E-state index contributed by atoms with van der Waals surface area (Å²) < 4.78 is 5.29. The molecule has 1 fully saturated rings. The molecule has 1 aliphatic heterocycles. The number of pyridine rings is 1. The fourth-order valence-corrected chi connectivity index (χ4v) is 1.88. The molecule has 1 aromatic heterocycles. The van der Waals surface area contributed by atoms with E-state index in [1.165, 1.54) is 12.3 Å². The lowest BCUT2D eigenvalue weighted by Crippen LogP contribution is -2.10. The lowest BCUT2D eigenvalue weighted by molar-refractivity contribution is 0.0697. The van der Waals surface area contributed by atoms with Crippen LogP contribution in [0.15, 0.2) is 18.3 Å². The van der Waals surface area contributed by atoms with E-state index in [9.17, 15) is 4.79 Å². The van der Waals surface area contributed by atoms with E-state index in [4.69, 9.17) is 9.84 Å². The van der Waals surface area contributed by atoms with Crippen molar-refractivity contribution in [3.8, 4) is 0 Å². The molecule has 2 heterocycles. The van der Waals surface area contributed by atoms with Gasteiger partial charge < -0.3 is 15.2 Å². The topological polar surface area (TPSA) is 71.5 Å². The molecule has 0 bridgehead atoms. The van der Waals surface area contributed by atoms with E-state index in [0.29, 0.717) is 11.7 Å². The normalized spacial score (nSPS) is 19.2. The number of carbonyl (C=O) groups is 1. The molecule has 1 atom stereocenters. The number of carboxylic acid groups (broad SMARTS) is 1. The molecule has 5 nitrogen and oxygen atoms in total. The van der Waals surface area contributed by atoms with Gasteiger partial charge in [-0.25, -0.2) is 9.78 Å². The summed E-state index contributed by atoms with van der Waals surface area (Å²) >= 11 is 0. The minimum Gasteiger partial charge on any atom is -0.478 e. The average molecular weight is 236 g/mol. The van der Waals surface area contributed by atoms with Crippen molar-refractivity contribution in [3.05, 3.63) is 23.9 Å². The van der Waals surface area contributed by atoms with Crippen LogP contribution in [0.3, 0.4) is 0 Å². The summed E-state index contributed by atoms with van der Waals surface area (Å²) in [5, 5.41) is 12.0. The Morgan fingerprint density at radius 2 is 2.53 bits per heavy atom. The Hall–Kier alpha value is -1.62. The van der Waals surface area contributed by atoms with E-state index in [-0.39, 0.29) is 5.56 Å². The highest BCUT2D eigenvalue weighted by molar-refractivity contribution is 5.88. The molecule has 1 aliphatic rings. The number of nitrogens with zero attached hydrogens (tertiary/aromatic N) is 1. The molecule has 0 amide bonds. The fraction of sp³-hybridized carbons (Fsp3) is 0.500. The van der Waals surface area contributed by atoms with Gasteiger partial charge in [0.05, 0.1) is 5.56 Å². The highest BCUT2D eigenvalue weighted by Gasteiger charge is 2.14. The maximum absolute atomic E-state index is 10.8. The second-order valence-corrected chi connectivity index (χ2v) is 4.18. The molecule has 1 unspecified atom stereocenters. The Kier molecular flexibility index (Phi) is 3.93. The lowest BCUT2D eigenvalue weighted by atomic mass is 10.1. The molecule has 2 N–H and O–H groups in total. The summed E-state index contributed by atoms with van der Waals surface area (Å²) in [6.07, 6.45) is 3.65. The molecule has 0 spiro atoms. The van der Waals surface area contributed by atoms with Gasteiger partial charge in [0.15, 0.2) is 0 Å². The Morgan fingerprint density at radius 1 is 1.65 bits per heavy atom. The Balaban J connectivity index is 1.81. The minimum atomic E-state index is -0.931. The van der Waals surface area contributed by atoms with Crippen LogP contribution in [0.2, 0.25) is 0 Å². The third-order valence-corrected chi connectivity index (χ3v) is 2.89. The number of aromatic nitrogens is 1. The zero-order chi connectivity index (χ0) is 12.1. The molecule has 0 radical (unpaired) electrons. The molecule has 1 aromatic rings. The summed E-state index contributed by atoms with van der Waals surface area (Å²) in [5.74, 6) is 0.300. The molecule has 2 rings (SSSR count). The van der Waals surface area contributed by atoms with E-state index < -0.39 is 5.97 Å². The van der Waals surface area contributed by atoms with Crippen molar-refractivity contribution < 1.29 is 14.6 Å². The summed E-state index contributed by atoms with van der Waals surface area (Å²) in [6, 6.07) is 3.03. The standard InChI is InChI=1S/C12H16N2O3/c15-12(16)10-2-5-14-11(7-10)13-4-1-9-3-6-17-8-9/h2,5,7,9H,1,3-4,6,8H2,(H,13,14)(H,15,16). The number of hydrogen-bond donors (Lipinski definition) is 2. The summed E-state index contributed by atoms with van der Waals surface area (Å²) in [6.45, 7) is 2.49. The number of rotatable bonds is 5. The van der Waals surface area contributed by atoms with Crippen molar-refractivity contribution >= 4 is 11.8 Å². The third kappa shape index (κ3) is 3.42. The molecule has 0 saturated carbocycles. The van der Waals surface area contributed by atoms with Gasteiger partial charge in [0.1, 0.15) is 5.82 Å². The van der Waals surface area contributed by atoms with Crippen LogP contribution in [0, 0.1) is 5.92 Å². The first-order valence-electron chi connectivity index (χ1n) is 5.76. The third-order valence-electron chi connectivity index (χ3n) is 2.89. The first-order chi connectivity index (χ1) is 8.25. The second-order valence-electron chi connectivity index (χ2n) is 4.18. The van der Waals surface area contributed by atoms with Crippen LogP contribution < -0.4 is 5.32 Å². The van der Waals surface area contributed by atoms with Crippen molar-refractivity contribution in [2.75, 3.05) is 25.1 Å². The molecule has 5 heteroatoms. The summed E-state index contributed by atoms with van der Waals surface area (Å²) in [5.41, 5.74) is 0.256. The lowest BCUT2D eigenvalue weighted by Gasteiger charge is -2.09. The molecule has 1 saturated heterocycles. The van der Waals surface area contributed by atoms with Gasteiger partial charge in [-0.2, -0.15) is 0 Å². The first kappa shape index (κ1) is 11.9. The predicted octanol–water partition coefficient (Wildman–Crippen LogP) is 1.62. The zero-order valence-electron chi connectivity index (χ0n) is 9.56. The molecule has 92 valence electrons. The number of carboxylic acids is 1. The van der Waals surface area contributed by atoms with Crippen LogP contribution in [-0.2, 0) is 4.74 Å². The zero-order valence-corrected chi connectivity index (χ0v) is 9.56. The van der Waals surface area contributed by atoms with Gasteiger partial charge in [-0.1, -0.05) is 0 Å². The largest absolute Gasteiger partial charge is 0.478 e. The highest BCUT2D eigenvalue weighted by atomic mass is 16.5. The van der Waals surface area contributed by atoms with E-state index in [0.717, 1.165) is 32.6 Å². The Bertz CT molecular complexity index is 389. The Morgan fingerprint density at radius 3 is 3.24 bits per heavy atom. The predicted molar refractivity (Wildman–Crippen MR) is 63.2 cm³/mol. The first-order valence-corrected chi connectivity index (χ1v) is 5.76. The van der Waals surface area contributed by atoms with Crippen molar-refractivity contribution in [1.29, 1.82) is 0 Å². The summed E-state index contributed by atoms with van der Waals surface area (Å²) in [7, 11) is 0. The maximum Gasteiger partial charge on any atom is 0.335 e. The summed E-state index contributed by atoms with van der Waals surface area (Å²) in [4.78, 5) is 14.8. The van der Waals surface area contributed by atoms with Gasteiger partial charge in [0.25, 0.3) is 0 Å². The quantitative estimate of drug-likeness (QED) is 0.812. The SMILES string of the molecule is O=C(O)c1ccnc(NCCC2CCOC2)c1. The van der Waals surface area contributed by atoms with Gasteiger partial charge >= 0.3 is 5.97 Å². The monoisotopic (exact) mass is 236 g/mol. The van der Waals surface area contributed by atoms with Crippen molar-refractivity contribution in [2.45, 2.75) is 12.8 Å². The van der Waals surface area contributed by atoms with Gasteiger partial charge in [-0.15, -0.1) is 0 Å². The van der Waals surface area contributed by atoms with Crippen LogP contribution in [0.5, 0.6) is 0 Å². The van der Waals surface area contributed by atoms with Crippen molar-refractivity contribution in [1.82, 2.24) is 4.98 Å². The van der Waals surface area contributed by atoms with Crippen LogP contribution in [0.25, 0.3) is 0 Å². The molecule has 0 aromatic carbocycles. The van der Waals surface area contributed by atoms with Gasteiger partial charge in [-0.05, 0) is 30.9 Å². The molecular weight excluding hydrogens is 220 g/mol. The van der Waals surface area contributed by atoms with Crippen LogP contribution >= 0.6 is 0 Å². The van der Waals surface area contributed by atoms with E-state index in [1.807, 2.05) is 0 Å². The molecule has 17 heavy (non-hydrogen) atoms. The maximum atomic E-state index is 10.8. The highest BCUT2D eigenvalue weighted by Crippen LogP contribution is 2.16. The van der Waals surface area contributed by atoms with E-state index in [1.54, 1.807) is 6.07 Å². The molecule has 0 aliphatic carbocycles. The average Bonchev–Trinajstić information content (AvgIpc) is 2.82. The fourth-order valence-electron chi connectivity index (χ4n) is 1.88. The van der Waals surface area contributed by atoms with Crippen molar-refractivity contribution in [3.63, 3.8) is 0 Å². The second kappa shape index (κ2) is 5.63. The van der Waals surface area contributed by atoms with E-state index >= 15 is 0 Å². The number of aromatic carboxylic acids is 1. The number of ether oxygens (including phenoxy) is 1.